The molecule has 3 N–H and O–H groups in total. The molecule has 1 heterocycles. The number of primary amides is 1. The Labute approximate surface area is 230 Å². The molecule has 0 aromatic heterocycles. The number of nitrogens with zero attached hydrogens (tertiary/aromatic N) is 2. The van der Waals surface area contributed by atoms with Crippen molar-refractivity contribution in [2.75, 3.05) is 54.6 Å². The second-order valence-corrected chi connectivity index (χ2v) is 9.36. The van der Waals surface area contributed by atoms with Gasteiger partial charge < -0.3 is 25.0 Å². The van der Waals surface area contributed by atoms with Gasteiger partial charge in [0.2, 0.25) is 0 Å². The van der Waals surface area contributed by atoms with Gasteiger partial charge in [0.15, 0.2) is 0 Å². The van der Waals surface area contributed by atoms with Crippen LogP contribution in [0, 0.1) is 0 Å². The Morgan fingerprint density at radius 3 is 2.24 bits per heavy atom. The van der Waals surface area contributed by atoms with Crippen molar-refractivity contribution in [1.82, 2.24) is 15.1 Å². The summed E-state index contributed by atoms with van der Waals surface area (Å²) in [6.07, 6.45) is 5.68. The summed E-state index contributed by atoms with van der Waals surface area (Å²) in [5.74, 6) is 2.08. The second-order valence-electron chi connectivity index (χ2n) is 9.36. The lowest BCUT2D eigenvalue weighted by Crippen LogP contribution is -2.34. The minimum Gasteiger partial charge on any atom is -0.497 e. The number of amides is 2. The van der Waals surface area contributed by atoms with E-state index in [9.17, 15) is 4.79 Å². The molecule has 0 spiro atoms. The number of nitrogens with two attached hydrogens (primary N) is 1. The molecule has 2 aromatic carbocycles. The van der Waals surface area contributed by atoms with E-state index in [-0.39, 0.29) is 0 Å². The van der Waals surface area contributed by atoms with Crippen molar-refractivity contribution in [3.05, 3.63) is 84.2 Å². The predicted octanol–water partition coefficient (Wildman–Crippen LogP) is 5.71. The first kappa shape index (κ1) is 32.7. The maximum absolute atomic E-state index is 10.9. The van der Waals surface area contributed by atoms with Crippen molar-refractivity contribution in [3.8, 4) is 5.75 Å². The molecule has 1 fully saturated rings. The summed E-state index contributed by atoms with van der Waals surface area (Å²) in [5, 5.41) is 2.54. The molecule has 7 heteroatoms. The Bertz CT molecular complexity index is 957. The first-order valence-electron chi connectivity index (χ1n) is 13.3. The summed E-state index contributed by atoms with van der Waals surface area (Å²) in [6.45, 7) is 12.7. The zero-order valence-electron chi connectivity index (χ0n) is 24.2. The highest BCUT2D eigenvalue weighted by Crippen LogP contribution is 2.26. The van der Waals surface area contributed by atoms with Gasteiger partial charge in [0.1, 0.15) is 11.6 Å². The van der Waals surface area contributed by atoms with Crippen LogP contribution in [0.15, 0.2) is 73.1 Å². The number of carbonyl (C=O) groups excluding carboxylic acids is 1. The lowest BCUT2D eigenvalue weighted by molar-refractivity contribution is 0.160. The summed E-state index contributed by atoms with van der Waals surface area (Å²) in [6, 6.07) is 17.7. The molecule has 2 amide bonds. The van der Waals surface area contributed by atoms with Crippen LogP contribution in [0.5, 0.6) is 5.75 Å². The van der Waals surface area contributed by atoms with Crippen LogP contribution < -0.4 is 15.8 Å². The minimum atomic E-state index is -0.609. The fourth-order valence-electron chi connectivity index (χ4n) is 3.71. The highest BCUT2D eigenvalue weighted by atomic mass is 16.5. The summed E-state index contributed by atoms with van der Waals surface area (Å²) in [7, 11) is 7.00. The number of rotatable bonds is 10. The van der Waals surface area contributed by atoms with E-state index >= 15 is 0 Å². The van der Waals surface area contributed by atoms with E-state index in [1.165, 1.54) is 37.9 Å². The van der Waals surface area contributed by atoms with Crippen LogP contribution in [0.2, 0.25) is 0 Å². The molecular formula is C31H48N4O3. The molecule has 0 saturated carbocycles. The number of allylic oxidation sites excluding steroid dienone is 2. The normalized spacial score (nSPS) is 14.9. The fourth-order valence-corrected chi connectivity index (χ4v) is 3.71. The molecular weight excluding hydrogens is 476 g/mol. The van der Waals surface area contributed by atoms with Gasteiger partial charge in [-0.25, -0.2) is 4.79 Å². The number of hydrogen-bond acceptors (Lipinski definition) is 5. The van der Waals surface area contributed by atoms with Crippen LogP contribution in [0.4, 0.5) is 4.79 Å². The minimum absolute atomic E-state index is 0.577. The topological polar surface area (TPSA) is 80.1 Å². The smallest absolute Gasteiger partial charge is 0.317 e. The van der Waals surface area contributed by atoms with E-state index in [1.54, 1.807) is 25.2 Å². The Morgan fingerprint density at radius 2 is 1.74 bits per heavy atom. The van der Waals surface area contributed by atoms with Crippen molar-refractivity contribution in [3.63, 3.8) is 0 Å². The van der Waals surface area contributed by atoms with Crippen molar-refractivity contribution in [2.24, 2.45) is 5.73 Å². The Balaban J connectivity index is 0.000000339. The molecule has 0 aliphatic carbocycles. The standard InChI is InChI=1S/C14H19N3O2.C13H19NO.C4H10/c1-10(9-13(17(2)3)16-14(15)18)11-5-7-12(19-4)8-6-11;1-15-10-9-14-8-7-13(11-14)12-5-3-2-4-6-12;1-3-4-2/h5-9H,1H2,2-4H3,(H3,15,16,18);2-6,13H,7-11H2,1H3;3-4H2,1-2H3/b13-9-;;. The lowest BCUT2D eigenvalue weighted by atomic mass is 9.99. The molecule has 1 aliphatic rings. The van der Waals surface area contributed by atoms with E-state index < -0.39 is 6.03 Å². The van der Waals surface area contributed by atoms with E-state index in [0.717, 1.165) is 36.0 Å². The first-order chi connectivity index (χ1) is 18.2. The average Bonchev–Trinajstić information content (AvgIpc) is 3.41. The number of carbonyl (C=O) groups is 1. The maximum atomic E-state index is 10.9. The van der Waals surface area contributed by atoms with Crippen LogP contribution in [0.3, 0.4) is 0 Å². The largest absolute Gasteiger partial charge is 0.497 e. The molecule has 1 unspecified atom stereocenters. The molecule has 1 saturated heterocycles. The van der Waals surface area contributed by atoms with Gasteiger partial charge in [0.25, 0.3) is 0 Å². The SMILES string of the molecule is C=C(/C=C(/NC(N)=O)N(C)C)c1ccc(OC)cc1.CCCC.COCCN1CCC(c2ccccc2)C1. The molecule has 7 nitrogen and oxygen atoms in total. The number of unbranched alkanes of at least 4 members (excludes halogenated alkanes) is 1. The third-order valence-electron chi connectivity index (χ3n) is 6.16. The monoisotopic (exact) mass is 524 g/mol. The number of likely N-dealkylation sites (tertiary alicyclic amines) is 1. The van der Waals surface area contributed by atoms with E-state index in [0.29, 0.717) is 5.82 Å². The van der Waals surface area contributed by atoms with Gasteiger partial charge >= 0.3 is 6.03 Å². The zero-order valence-corrected chi connectivity index (χ0v) is 24.2. The second kappa shape index (κ2) is 18.9. The molecule has 0 radical (unpaired) electrons. The summed E-state index contributed by atoms with van der Waals surface area (Å²) in [4.78, 5) is 15.1. The molecule has 3 rings (SSSR count). The highest BCUT2D eigenvalue weighted by Gasteiger charge is 2.22. The van der Waals surface area contributed by atoms with Crippen molar-refractivity contribution in [2.45, 2.75) is 39.0 Å². The number of methoxy groups -OCH3 is 2. The van der Waals surface area contributed by atoms with Crippen LogP contribution in [-0.2, 0) is 4.74 Å². The van der Waals surface area contributed by atoms with Crippen LogP contribution in [0.25, 0.3) is 5.57 Å². The quantitative estimate of drug-likeness (QED) is 0.389. The molecule has 0 bridgehead atoms. The Kier molecular flexibility index (Phi) is 16.3. The summed E-state index contributed by atoms with van der Waals surface area (Å²) >= 11 is 0. The van der Waals surface area contributed by atoms with Crippen LogP contribution in [0.1, 0.15) is 50.2 Å². The van der Waals surface area contributed by atoms with Gasteiger partial charge in [-0.05, 0) is 53.8 Å². The number of benzene rings is 2. The van der Waals surface area contributed by atoms with Gasteiger partial charge in [0.05, 0.1) is 13.7 Å². The van der Waals surface area contributed by atoms with Crippen molar-refractivity contribution in [1.29, 1.82) is 0 Å². The number of nitrogens with one attached hydrogen (secondary N) is 1. The maximum Gasteiger partial charge on any atom is 0.317 e. The van der Waals surface area contributed by atoms with Crippen LogP contribution >= 0.6 is 0 Å². The average molecular weight is 525 g/mol. The Morgan fingerprint density at radius 1 is 1.11 bits per heavy atom. The lowest BCUT2D eigenvalue weighted by Gasteiger charge is -2.17. The third-order valence-corrected chi connectivity index (χ3v) is 6.16. The van der Waals surface area contributed by atoms with Gasteiger partial charge in [-0.2, -0.15) is 0 Å². The Hall–Kier alpha value is -3.29. The van der Waals surface area contributed by atoms with Gasteiger partial charge in [0, 0.05) is 34.3 Å². The van der Waals surface area contributed by atoms with Gasteiger partial charge in [-0.3, -0.25) is 5.32 Å². The predicted molar refractivity (Wildman–Crippen MR) is 159 cm³/mol. The summed E-state index contributed by atoms with van der Waals surface area (Å²) < 4.78 is 10.2. The van der Waals surface area contributed by atoms with Gasteiger partial charge in [-0.1, -0.05) is 75.7 Å². The van der Waals surface area contributed by atoms with E-state index in [4.69, 9.17) is 15.2 Å². The molecule has 1 aliphatic heterocycles. The van der Waals surface area contributed by atoms with Gasteiger partial charge in [-0.15, -0.1) is 0 Å². The summed E-state index contributed by atoms with van der Waals surface area (Å²) in [5.41, 5.74) is 8.30. The number of ether oxygens (including phenoxy) is 2. The fraction of sp³-hybridized carbons (Fsp3) is 0.452. The molecule has 38 heavy (non-hydrogen) atoms. The molecule has 1 atom stereocenters. The molecule has 2 aromatic rings. The number of hydrogen-bond donors (Lipinski definition) is 2. The van der Waals surface area contributed by atoms with E-state index in [2.05, 4.69) is 61.0 Å². The van der Waals surface area contributed by atoms with Crippen molar-refractivity contribution < 1.29 is 14.3 Å². The first-order valence-corrected chi connectivity index (χ1v) is 13.3. The highest BCUT2D eigenvalue weighted by molar-refractivity contribution is 5.77. The van der Waals surface area contributed by atoms with E-state index in [1.807, 2.05) is 38.4 Å². The third kappa shape index (κ3) is 12.8. The number of urea groups is 1. The van der Waals surface area contributed by atoms with Crippen LogP contribution in [-0.4, -0.2) is 70.4 Å². The van der Waals surface area contributed by atoms with Crippen molar-refractivity contribution >= 4 is 11.6 Å². The zero-order chi connectivity index (χ0) is 28.3. The molecule has 210 valence electrons.